The molecule has 3 N–H and O–H groups in total. The number of sulfonamides is 1. The highest BCUT2D eigenvalue weighted by Crippen LogP contribution is 2.30. The van der Waals surface area contributed by atoms with Crippen LogP contribution in [0.5, 0.6) is 0 Å². The third kappa shape index (κ3) is 6.70. The standard InChI is InChI=1S/C28H27Cl2N7O2S/c29-21-11-9-20(10-12-21)26-24(19-6-2-1-3-7-19)18-37(35-26)28(34-27(31)33-25-8-4-5-17-32-25)36-40(38,39)23-15-13-22(30)14-16-23/h1-3,6-7,9-16,24H,4-5,8,17-18H2,(H3,31,32,33,34,36)/t24-/m1/s1. The fraction of sp³-hybridized carbons (Fsp3) is 0.214. The van der Waals surface area contributed by atoms with Crippen LogP contribution in [-0.4, -0.2) is 50.0 Å². The minimum Gasteiger partial charge on any atom is -0.373 e. The van der Waals surface area contributed by atoms with Crippen molar-refractivity contribution in [1.82, 2.24) is 10.3 Å². The number of guanidine groups is 2. The number of piperidine rings is 1. The lowest BCUT2D eigenvalue weighted by Crippen LogP contribution is -2.32. The van der Waals surface area contributed by atoms with Gasteiger partial charge in [-0.05, 0) is 60.4 Å². The molecule has 2 aliphatic rings. The first-order valence-corrected chi connectivity index (χ1v) is 14.9. The molecule has 0 aromatic heterocycles. The number of nitrogens with one attached hydrogen (secondary N) is 1. The maximum absolute atomic E-state index is 13.3. The van der Waals surface area contributed by atoms with Gasteiger partial charge in [-0.25, -0.2) is 10.0 Å². The molecule has 1 atom stereocenters. The Kier molecular flexibility index (Phi) is 8.49. The quantitative estimate of drug-likeness (QED) is 0.323. The van der Waals surface area contributed by atoms with Crippen molar-refractivity contribution in [1.29, 1.82) is 0 Å². The number of benzene rings is 3. The van der Waals surface area contributed by atoms with Crippen molar-refractivity contribution in [3.05, 3.63) is 100 Å². The topological polar surface area (TPSA) is 125 Å². The average Bonchev–Trinajstić information content (AvgIpc) is 3.40. The molecule has 1 saturated heterocycles. The van der Waals surface area contributed by atoms with Crippen LogP contribution in [0.1, 0.15) is 36.3 Å². The number of nitrogens with zero attached hydrogens (tertiary/aromatic N) is 5. The number of amidine groups is 1. The predicted octanol–water partition coefficient (Wildman–Crippen LogP) is 5.03. The number of nitrogens with two attached hydrogens (primary N) is 1. The number of rotatable bonds is 4. The van der Waals surface area contributed by atoms with Crippen molar-refractivity contribution < 1.29 is 8.42 Å². The van der Waals surface area contributed by atoms with E-state index in [2.05, 4.69) is 19.7 Å². The van der Waals surface area contributed by atoms with Crippen LogP contribution in [0.15, 0.2) is 103 Å². The largest absolute Gasteiger partial charge is 0.373 e. The summed E-state index contributed by atoms with van der Waals surface area (Å²) in [6.45, 7) is 1.07. The zero-order valence-corrected chi connectivity index (χ0v) is 23.7. The van der Waals surface area contributed by atoms with Gasteiger partial charge < -0.3 is 11.1 Å². The summed E-state index contributed by atoms with van der Waals surface area (Å²) in [5.74, 6) is 0.174. The second kappa shape index (κ2) is 12.2. The Morgan fingerprint density at radius 1 is 0.950 bits per heavy atom. The first kappa shape index (κ1) is 27.8. The lowest BCUT2D eigenvalue weighted by molar-refractivity contribution is 0.470. The van der Waals surface area contributed by atoms with Crippen molar-refractivity contribution in [2.24, 2.45) is 25.2 Å². The van der Waals surface area contributed by atoms with Gasteiger partial charge >= 0.3 is 0 Å². The Morgan fingerprint density at radius 3 is 2.27 bits per heavy atom. The molecule has 5 rings (SSSR count). The number of aliphatic imine (C=N–C) groups is 2. The summed E-state index contributed by atoms with van der Waals surface area (Å²) < 4.78 is 30.8. The van der Waals surface area contributed by atoms with Gasteiger partial charge in [-0.2, -0.15) is 18.5 Å². The van der Waals surface area contributed by atoms with Crippen molar-refractivity contribution >= 4 is 56.7 Å². The highest BCUT2D eigenvalue weighted by molar-refractivity contribution is 7.90. The summed E-state index contributed by atoms with van der Waals surface area (Å²) in [7, 11) is -4.19. The molecule has 206 valence electrons. The van der Waals surface area contributed by atoms with E-state index < -0.39 is 10.0 Å². The van der Waals surface area contributed by atoms with E-state index in [0.29, 0.717) is 21.6 Å². The maximum Gasteiger partial charge on any atom is 0.285 e. The fourth-order valence-electron chi connectivity index (χ4n) is 4.45. The molecular formula is C28H27Cl2N7O2S. The Labute approximate surface area is 243 Å². The molecule has 0 spiro atoms. The van der Waals surface area contributed by atoms with Gasteiger partial charge in [-0.3, -0.25) is 0 Å². The van der Waals surface area contributed by atoms with Crippen molar-refractivity contribution in [2.75, 3.05) is 13.1 Å². The molecule has 0 amide bonds. The van der Waals surface area contributed by atoms with Gasteiger partial charge in [0.1, 0.15) is 5.84 Å². The van der Waals surface area contributed by atoms with Crippen LogP contribution >= 0.6 is 23.2 Å². The molecule has 9 nitrogen and oxygen atoms in total. The summed E-state index contributed by atoms with van der Waals surface area (Å²) in [6.07, 6.45) is 2.74. The Hall–Kier alpha value is -3.73. The molecule has 2 heterocycles. The van der Waals surface area contributed by atoms with E-state index in [4.69, 9.17) is 34.0 Å². The van der Waals surface area contributed by atoms with E-state index in [9.17, 15) is 8.42 Å². The van der Waals surface area contributed by atoms with Crippen molar-refractivity contribution in [2.45, 2.75) is 30.1 Å². The molecule has 0 saturated carbocycles. The minimum atomic E-state index is -4.19. The molecule has 0 unspecified atom stereocenters. The first-order chi connectivity index (χ1) is 19.3. The zero-order valence-electron chi connectivity index (χ0n) is 21.4. The second-order valence-electron chi connectivity index (χ2n) is 9.27. The average molecular weight is 597 g/mol. The van der Waals surface area contributed by atoms with Crippen LogP contribution < -0.4 is 11.1 Å². The molecule has 12 heteroatoms. The summed E-state index contributed by atoms with van der Waals surface area (Å²) in [4.78, 5) is 8.70. The SMILES string of the molecule is NC(/N=C1/CCCCN1)=N\C(=N/S(=O)(=O)c1ccc(Cl)cc1)N1C[C@H](c2ccccc2)C(c2ccc(Cl)cc2)=N1. The van der Waals surface area contributed by atoms with Crippen molar-refractivity contribution in [3.8, 4) is 0 Å². The monoisotopic (exact) mass is 595 g/mol. The molecule has 3 aromatic carbocycles. The molecule has 0 radical (unpaired) electrons. The molecular weight excluding hydrogens is 569 g/mol. The highest BCUT2D eigenvalue weighted by Gasteiger charge is 2.32. The fourth-order valence-corrected chi connectivity index (χ4v) is 5.63. The lowest BCUT2D eigenvalue weighted by atomic mass is 9.91. The number of hydrogen-bond donors (Lipinski definition) is 2. The van der Waals surface area contributed by atoms with Gasteiger partial charge in [0.05, 0.1) is 17.2 Å². The zero-order chi connectivity index (χ0) is 28.1. The molecule has 3 aromatic rings. The van der Waals surface area contributed by atoms with Crippen LogP contribution in [0, 0.1) is 0 Å². The predicted molar refractivity (Wildman–Crippen MR) is 161 cm³/mol. The summed E-state index contributed by atoms with van der Waals surface area (Å²) >= 11 is 12.1. The Bertz CT molecular complexity index is 1580. The molecule has 0 bridgehead atoms. The van der Waals surface area contributed by atoms with Gasteiger partial charge in [0.2, 0.25) is 5.96 Å². The van der Waals surface area contributed by atoms with Crippen LogP contribution in [0.4, 0.5) is 0 Å². The first-order valence-electron chi connectivity index (χ1n) is 12.7. The number of hydrazone groups is 1. The third-order valence-electron chi connectivity index (χ3n) is 6.43. The highest BCUT2D eigenvalue weighted by atomic mass is 35.5. The lowest BCUT2D eigenvalue weighted by Gasteiger charge is -2.17. The molecule has 2 aliphatic heterocycles. The van der Waals surface area contributed by atoms with E-state index in [1.165, 1.54) is 29.3 Å². The molecule has 40 heavy (non-hydrogen) atoms. The van der Waals surface area contributed by atoms with Gasteiger partial charge in [0, 0.05) is 28.9 Å². The van der Waals surface area contributed by atoms with E-state index in [0.717, 1.165) is 36.9 Å². The van der Waals surface area contributed by atoms with Crippen LogP contribution in [0.2, 0.25) is 10.0 Å². The molecule has 0 aliphatic carbocycles. The Morgan fingerprint density at radius 2 is 1.62 bits per heavy atom. The van der Waals surface area contributed by atoms with E-state index in [1.807, 2.05) is 42.5 Å². The van der Waals surface area contributed by atoms with Gasteiger partial charge in [0.15, 0.2) is 0 Å². The number of hydrogen-bond acceptors (Lipinski definition) is 3. The summed E-state index contributed by atoms with van der Waals surface area (Å²) in [5, 5.41) is 10.5. The van der Waals surface area contributed by atoms with E-state index in [-0.39, 0.29) is 29.3 Å². The minimum absolute atomic E-state index is 0.0378. The normalized spacial score (nSPS) is 19.4. The van der Waals surface area contributed by atoms with E-state index >= 15 is 0 Å². The van der Waals surface area contributed by atoms with Crippen LogP contribution in [0.3, 0.4) is 0 Å². The van der Waals surface area contributed by atoms with Crippen LogP contribution in [0.25, 0.3) is 0 Å². The van der Waals surface area contributed by atoms with Crippen LogP contribution in [-0.2, 0) is 10.0 Å². The smallest absolute Gasteiger partial charge is 0.285 e. The molecule has 1 fully saturated rings. The summed E-state index contributed by atoms with van der Waals surface area (Å²) in [6, 6.07) is 22.9. The van der Waals surface area contributed by atoms with Gasteiger partial charge in [0.25, 0.3) is 16.0 Å². The second-order valence-corrected chi connectivity index (χ2v) is 11.7. The maximum atomic E-state index is 13.3. The Balaban J connectivity index is 1.60. The van der Waals surface area contributed by atoms with Crippen molar-refractivity contribution in [3.63, 3.8) is 0 Å². The van der Waals surface area contributed by atoms with Gasteiger partial charge in [-0.15, -0.1) is 4.40 Å². The van der Waals surface area contributed by atoms with E-state index in [1.54, 1.807) is 12.1 Å². The number of halogens is 2. The third-order valence-corrected chi connectivity index (χ3v) is 8.21. The van der Waals surface area contributed by atoms with Gasteiger partial charge in [-0.1, -0.05) is 65.7 Å². The summed E-state index contributed by atoms with van der Waals surface area (Å²) in [5.41, 5.74) is 8.75.